The van der Waals surface area contributed by atoms with Gasteiger partial charge in [0.05, 0.1) is 25.7 Å². The number of nitrogens with one attached hydrogen (secondary N) is 1. The smallest absolute Gasteiger partial charge is 0.303 e. The zero-order valence-corrected chi connectivity index (χ0v) is 16.0. The average Bonchev–Trinajstić information content (AvgIpc) is 2.82. The van der Waals surface area contributed by atoms with Crippen molar-refractivity contribution in [2.45, 2.75) is 76.5 Å². The number of carbonyl (C=O) groups is 2. The van der Waals surface area contributed by atoms with E-state index in [1.165, 1.54) is 0 Å². The Balaban J connectivity index is 2.09. The molecule has 0 saturated carbocycles. The van der Waals surface area contributed by atoms with Crippen LogP contribution in [-0.4, -0.2) is 66.8 Å². The largest absolute Gasteiger partial charge is 0.481 e. The standard InChI is InChI=1S/C17H29NO8/c1-15(2,22-5)24-11-8-9-23-17(14(11)25-16(3,4)26-17)10-18-12(19)6-7-13(20)21/h11,14H,6-10H2,1-5H3,(H,18,19)(H,20,21)/t11-,14+,17+/m1/s1. The number of methoxy groups -OCH3 is 1. The first-order valence-electron chi connectivity index (χ1n) is 8.72. The summed E-state index contributed by atoms with van der Waals surface area (Å²) in [5.41, 5.74) is 0. The maximum absolute atomic E-state index is 11.9. The van der Waals surface area contributed by atoms with Crippen molar-refractivity contribution in [1.82, 2.24) is 5.32 Å². The Morgan fingerprint density at radius 2 is 2.00 bits per heavy atom. The molecule has 2 N–H and O–H groups in total. The Kier molecular flexibility index (Phi) is 6.29. The highest BCUT2D eigenvalue weighted by Gasteiger charge is 2.60. The fourth-order valence-electron chi connectivity index (χ4n) is 3.12. The predicted molar refractivity (Wildman–Crippen MR) is 89.2 cm³/mol. The van der Waals surface area contributed by atoms with Crippen LogP contribution in [0.15, 0.2) is 0 Å². The predicted octanol–water partition coefficient (Wildman–Crippen LogP) is 1.00. The maximum Gasteiger partial charge on any atom is 0.303 e. The van der Waals surface area contributed by atoms with Crippen LogP contribution in [0.1, 0.15) is 47.0 Å². The lowest BCUT2D eigenvalue weighted by atomic mass is 9.98. The van der Waals surface area contributed by atoms with Gasteiger partial charge in [0, 0.05) is 13.5 Å². The van der Waals surface area contributed by atoms with Gasteiger partial charge in [0.2, 0.25) is 11.7 Å². The second kappa shape index (κ2) is 7.77. The van der Waals surface area contributed by atoms with E-state index in [2.05, 4.69) is 5.32 Å². The lowest BCUT2D eigenvalue weighted by Crippen LogP contribution is -2.60. The SMILES string of the molecule is COC(C)(C)O[C@@H]1CCO[C@@]2(CNC(=O)CCC(=O)O)OC(C)(C)O[C@@H]12. The molecular weight excluding hydrogens is 346 g/mol. The van der Waals surface area contributed by atoms with Crippen LogP contribution in [-0.2, 0) is 33.3 Å². The zero-order valence-electron chi connectivity index (χ0n) is 16.0. The van der Waals surface area contributed by atoms with Crippen LogP contribution in [0.2, 0.25) is 0 Å². The summed E-state index contributed by atoms with van der Waals surface area (Å²) in [5.74, 6) is -4.34. The van der Waals surface area contributed by atoms with E-state index in [0.29, 0.717) is 13.0 Å². The zero-order chi connectivity index (χ0) is 19.6. The van der Waals surface area contributed by atoms with Crippen LogP contribution < -0.4 is 5.32 Å². The van der Waals surface area contributed by atoms with Gasteiger partial charge in [-0.25, -0.2) is 0 Å². The molecule has 0 aromatic heterocycles. The molecule has 0 spiro atoms. The van der Waals surface area contributed by atoms with E-state index in [1.807, 2.05) is 0 Å². The molecule has 2 rings (SSSR count). The van der Waals surface area contributed by atoms with Gasteiger partial charge < -0.3 is 34.1 Å². The number of carboxylic acid groups (broad SMARTS) is 1. The topological polar surface area (TPSA) is 113 Å². The molecule has 26 heavy (non-hydrogen) atoms. The normalized spacial score (nSPS) is 30.7. The average molecular weight is 375 g/mol. The van der Waals surface area contributed by atoms with Crippen molar-refractivity contribution in [2.24, 2.45) is 0 Å². The summed E-state index contributed by atoms with van der Waals surface area (Å²) in [6.45, 7) is 7.54. The van der Waals surface area contributed by atoms with E-state index in [9.17, 15) is 9.59 Å². The Morgan fingerprint density at radius 3 is 2.62 bits per heavy atom. The molecule has 2 saturated heterocycles. The van der Waals surface area contributed by atoms with Crippen molar-refractivity contribution in [1.29, 1.82) is 0 Å². The number of rotatable bonds is 8. The molecule has 150 valence electrons. The van der Waals surface area contributed by atoms with Crippen molar-refractivity contribution in [3.63, 3.8) is 0 Å². The van der Waals surface area contributed by atoms with Crippen molar-refractivity contribution >= 4 is 11.9 Å². The third kappa shape index (κ3) is 5.14. The number of carbonyl (C=O) groups excluding carboxylic acids is 1. The van der Waals surface area contributed by atoms with Gasteiger partial charge in [0.1, 0.15) is 6.10 Å². The summed E-state index contributed by atoms with van der Waals surface area (Å²) in [6.07, 6.45) is -0.681. The van der Waals surface area contributed by atoms with Gasteiger partial charge in [0.25, 0.3) is 0 Å². The van der Waals surface area contributed by atoms with Gasteiger partial charge in [-0.15, -0.1) is 0 Å². The van der Waals surface area contributed by atoms with Crippen LogP contribution in [0.4, 0.5) is 0 Å². The Hall–Kier alpha value is -1.26. The van der Waals surface area contributed by atoms with Crippen LogP contribution in [0.3, 0.4) is 0 Å². The van der Waals surface area contributed by atoms with Gasteiger partial charge in [-0.3, -0.25) is 9.59 Å². The lowest BCUT2D eigenvalue weighted by Gasteiger charge is -2.42. The molecule has 2 aliphatic heterocycles. The number of amides is 1. The summed E-state index contributed by atoms with van der Waals surface area (Å²) >= 11 is 0. The van der Waals surface area contributed by atoms with Gasteiger partial charge in [-0.05, 0) is 34.1 Å². The second-order valence-corrected chi connectivity index (χ2v) is 7.42. The summed E-state index contributed by atoms with van der Waals surface area (Å²) in [4.78, 5) is 22.5. The third-order valence-corrected chi connectivity index (χ3v) is 4.37. The lowest BCUT2D eigenvalue weighted by molar-refractivity contribution is -0.301. The van der Waals surface area contributed by atoms with E-state index in [1.54, 1.807) is 34.8 Å². The van der Waals surface area contributed by atoms with Crippen molar-refractivity contribution < 1.29 is 38.4 Å². The number of fused-ring (bicyclic) bond motifs is 1. The minimum Gasteiger partial charge on any atom is -0.481 e. The summed E-state index contributed by atoms with van der Waals surface area (Å²) in [7, 11) is 1.56. The maximum atomic E-state index is 11.9. The van der Waals surface area contributed by atoms with Crippen LogP contribution in [0.5, 0.6) is 0 Å². The molecular formula is C17H29NO8. The molecule has 0 aliphatic carbocycles. The van der Waals surface area contributed by atoms with Crippen molar-refractivity contribution in [3.05, 3.63) is 0 Å². The van der Waals surface area contributed by atoms with Gasteiger partial charge >= 0.3 is 5.97 Å². The van der Waals surface area contributed by atoms with Crippen molar-refractivity contribution in [2.75, 3.05) is 20.3 Å². The van der Waals surface area contributed by atoms with Gasteiger partial charge in [-0.2, -0.15) is 0 Å². The Morgan fingerprint density at radius 1 is 1.31 bits per heavy atom. The fraction of sp³-hybridized carbons (Fsp3) is 0.882. The molecule has 0 unspecified atom stereocenters. The molecule has 0 radical (unpaired) electrons. The molecule has 2 aliphatic rings. The summed E-state index contributed by atoms with van der Waals surface area (Å²) < 4.78 is 29.3. The number of carboxylic acids is 1. The second-order valence-electron chi connectivity index (χ2n) is 7.42. The van der Waals surface area contributed by atoms with E-state index < -0.39 is 35.3 Å². The first kappa shape index (κ1) is 21.0. The first-order chi connectivity index (χ1) is 12.0. The van der Waals surface area contributed by atoms with E-state index >= 15 is 0 Å². The van der Waals surface area contributed by atoms with Gasteiger partial charge in [0.15, 0.2) is 11.6 Å². The number of aliphatic carboxylic acids is 1. The number of ether oxygens (including phenoxy) is 5. The third-order valence-electron chi connectivity index (χ3n) is 4.37. The molecule has 0 aromatic carbocycles. The summed E-state index contributed by atoms with van der Waals surface area (Å²) in [5, 5.41) is 11.4. The molecule has 9 nitrogen and oxygen atoms in total. The van der Waals surface area contributed by atoms with E-state index in [-0.39, 0.29) is 25.5 Å². The minimum atomic E-state index is -1.20. The first-order valence-corrected chi connectivity index (χ1v) is 8.72. The molecule has 9 heteroatoms. The van der Waals surface area contributed by atoms with Crippen LogP contribution in [0.25, 0.3) is 0 Å². The molecule has 1 amide bonds. The summed E-state index contributed by atoms with van der Waals surface area (Å²) in [6, 6.07) is 0. The fourth-order valence-corrected chi connectivity index (χ4v) is 3.12. The highest BCUT2D eigenvalue weighted by Crippen LogP contribution is 2.43. The highest BCUT2D eigenvalue weighted by atomic mass is 16.8. The minimum absolute atomic E-state index is 0.0345. The molecule has 0 bridgehead atoms. The molecule has 0 aromatic rings. The van der Waals surface area contributed by atoms with E-state index in [4.69, 9.17) is 28.8 Å². The molecule has 2 heterocycles. The highest BCUT2D eigenvalue weighted by molar-refractivity contribution is 5.80. The monoisotopic (exact) mass is 375 g/mol. The Labute approximate surface area is 153 Å². The van der Waals surface area contributed by atoms with Crippen molar-refractivity contribution in [3.8, 4) is 0 Å². The molecule has 3 atom stereocenters. The van der Waals surface area contributed by atoms with Gasteiger partial charge in [-0.1, -0.05) is 0 Å². The number of hydrogen-bond donors (Lipinski definition) is 2. The quantitative estimate of drug-likeness (QED) is 0.604. The number of hydrogen-bond acceptors (Lipinski definition) is 7. The van der Waals surface area contributed by atoms with Crippen LogP contribution in [0, 0.1) is 0 Å². The molecule has 2 fully saturated rings. The Bertz CT molecular complexity index is 535. The van der Waals surface area contributed by atoms with Crippen LogP contribution >= 0.6 is 0 Å². The van der Waals surface area contributed by atoms with E-state index in [0.717, 1.165) is 0 Å².